The van der Waals surface area contributed by atoms with Crippen molar-refractivity contribution in [3.8, 4) is 0 Å². The molecule has 0 N–H and O–H groups in total. The van der Waals surface area contributed by atoms with Crippen molar-refractivity contribution in [2.24, 2.45) is 16.7 Å². The molecule has 0 aromatic carbocycles. The van der Waals surface area contributed by atoms with Crippen LogP contribution >= 0.6 is 0 Å². The van der Waals surface area contributed by atoms with Crippen LogP contribution in [0.1, 0.15) is 52.9 Å². The molecular weight excluding hydrogens is 180 g/mol. The fourth-order valence-corrected chi connectivity index (χ4v) is 3.57. The van der Waals surface area contributed by atoms with Crippen LogP contribution in [0.25, 0.3) is 0 Å². The largest absolute Gasteiger partial charge is 0.0770 e. The maximum atomic E-state index is 2.43. The van der Waals surface area contributed by atoms with E-state index in [4.69, 9.17) is 0 Å². The minimum Gasteiger partial charge on any atom is -0.0770 e. The number of hydrogen-bond donors (Lipinski definition) is 0. The summed E-state index contributed by atoms with van der Waals surface area (Å²) in [6.45, 7) is 7.29. The Labute approximate surface area is 94.5 Å². The van der Waals surface area contributed by atoms with E-state index < -0.39 is 0 Å². The highest BCUT2D eigenvalue weighted by Crippen LogP contribution is 2.55. The first kappa shape index (κ1) is 11.0. The quantitative estimate of drug-likeness (QED) is 0.579. The molecule has 2 aliphatic rings. The molecule has 0 saturated heterocycles. The van der Waals surface area contributed by atoms with Crippen LogP contribution < -0.4 is 0 Å². The Morgan fingerprint density at radius 1 is 0.933 bits per heavy atom. The fourth-order valence-electron chi connectivity index (χ4n) is 3.57. The van der Waals surface area contributed by atoms with E-state index in [1.165, 1.54) is 32.1 Å². The highest BCUT2D eigenvalue weighted by Gasteiger charge is 2.46. The van der Waals surface area contributed by atoms with Crippen LogP contribution in [-0.2, 0) is 0 Å². The zero-order valence-electron chi connectivity index (χ0n) is 10.4. The van der Waals surface area contributed by atoms with E-state index in [1.54, 1.807) is 0 Å². The van der Waals surface area contributed by atoms with E-state index in [0.717, 1.165) is 0 Å². The molecule has 0 aromatic rings. The second kappa shape index (κ2) is 3.81. The molecule has 2 aliphatic carbocycles. The lowest BCUT2D eigenvalue weighted by atomic mass is 9.54. The van der Waals surface area contributed by atoms with E-state index >= 15 is 0 Å². The van der Waals surface area contributed by atoms with Crippen molar-refractivity contribution >= 4 is 0 Å². The smallest absolute Gasteiger partial charge is 0.00143 e. The van der Waals surface area contributed by atoms with Crippen LogP contribution in [-0.4, -0.2) is 0 Å². The summed E-state index contributed by atoms with van der Waals surface area (Å²) >= 11 is 0. The Morgan fingerprint density at radius 3 is 1.93 bits per heavy atom. The Kier molecular flexibility index (Phi) is 2.79. The predicted octanol–water partition coefficient (Wildman–Crippen LogP) is 4.73. The van der Waals surface area contributed by atoms with Crippen molar-refractivity contribution < 1.29 is 0 Å². The standard InChI is InChI=1S/C15H24/c1-14(2,3)15(11-7-4-8-12-15)13-9-5-6-10-13/h5-6,9-10,13H,4,7-8,11-12H2,1-3H3. The fraction of sp³-hybridized carbons (Fsp3) is 0.733. The van der Waals surface area contributed by atoms with Crippen LogP contribution in [0, 0.1) is 16.7 Å². The summed E-state index contributed by atoms with van der Waals surface area (Å²) in [5, 5.41) is 0. The van der Waals surface area contributed by atoms with Gasteiger partial charge in [-0.15, -0.1) is 0 Å². The van der Waals surface area contributed by atoms with Gasteiger partial charge >= 0.3 is 0 Å². The van der Waals surface area contributed by atoms with Gasteiger partial charge in [0, 0.05) is 5.92 Å². The Bertz CT molecular complexity index is 257. The Hall–Kier alpha value is -0.520. The second-order valence-electron chi connectivity index (χ2n) is 6.26. The molecule has 1 fully saturated rings. The lowest BCUT2D eigenvalue weighted by molar-refractivity contribution is 0.0133. The molecule has 0 amide bonds. The summed E-state index contributed by atoms with van der Waals surface area (Å²) in [5.74, 6) is 0.692. The van der Waals surface area contributed by atoms with Gasteiger partial charge in [0.2, 0.25) is 0 Å². The summed E-state index contributed by atoms with van der Waals surface area (Å²) < 4.78 is 0. The first-order valence-corrected chi connectivity index (χ1v) is 6.41. The predicted molar refractivity (Wildman–Crippen MR) is 66.7 cm³/mol. The molecule has 0 heterocycles. The molecule has 0 aliphatic heterocycles. The van der Waals surface area contributed by atoms with Crippen molar-refractivity contribution in [3.63, 3.8) is 0 Å². The van der Waals surface area contributed by atoms with Gasteiger partial charge in [0.05, 0.1) is 0 Å². The van der Waals surface area contributed by atoms with Crippen LogP contribution in [0.5, 0.6) is 0 Å². The summed E-state index contributed by atoms with van der Waals surface area (Å²) in [6, 6.07) is 0. The minimum absolute atomic E-state index is 0.428. The molecule has 0 nitrogen and oxygen atoms in total. The third kappa shape index (κ3) is 1.79. The molecule has 0 atom stereocenters. The van der Waals surface area contributed by atoms with Gasteiger partial charge in [0.15, 0.2) is 0 Å². The van der Waals surface area contributed by atoms with Crippen LogP contribution in [0.2, 0.25) is 0 Å². The number of rotatable bonds is 1. The highest BCUT2D eigenvalue weighted by atomic mass is 14.5. The van der Waals surface area contributed by atoms with Gasteiger partial charge in [-0.1, -0.05) is 64.3 Å². The SMILES string of the molecule is CC(C)(C)C1(C2C=CC=C2)CCCCC1. The highest BCUT2D eigenvalue weighted by molar-refractivity contribution is 5.23. The van der Waals surface area contributed by atoms with E-state index in [1.807, 2.05) is 0 Å². The molecule has 15 heavy (non-hydrogen) atoms. The van der Waals surface area contributed by atoms with E-state index in [-0.39, 0.29) is 0 Å². The van der Waals surface area contributed by atoms with Gasteiger partial charge in [0.25, 0.3) is 0 Å². The third-order valence-corrected chi connectivity index (χ3v) is 4.63. The van der Waals surface area contributed by atoms with Crippen molar-refractivity contribution in [3.05, 3.63) is 24.3 Å². The lowest BCUT2D eigenvalue weighted by Gasteiger charge is -2.51. The van der Waals surface area contributed by atoms with E-state index in [9.17, 15) is 0 Å². The average molecular weight is 204 g/mol. The molecule has 0 spiro atoms. The zero-order valence-corrected chi connectivity index (χ0v) is 10.4. The summed E-state index contributed by atoms with van der Waals surface area (Å²) in [7, 11) is 0. The Balaban J connectivity index is 2.29. The van der Waals surface area contributed by atoms with E-state index in [0.29, 0.717) is 16.7 Å². The molecule has 0 radical (unpaired) electrons. The van der Waals surface area contributed by atoms with Gasteiger partial charge in [-0.05, 0) is 23.7 Å². The number of hydrogen-bond acceptors (Lipinski definition) is 0. The molecule has 1 saturated carbocycles. The number of allylic oxidation sites excluding steroid dienone is 4. The molecule has 0 heteroatoms. The van der Waals surface area contributed by atoms with Crippen LogP contribution in [0.3, 0.4) is 0 Å². The molecule has 0 aromatic heterocycles. The van der Waals surface area contributed by atoms with Crippen molar-refractivity contribution in [1.29, 1.82) is 0 Å². The monoisotopic (exact) mass is 204 g/mol. The summed E-state index contributed by atoms with van der Waals surface area (Å²) in [4.78, 5) is 0. The molecule has 0 bridgehead atoms. The van der Waals surface area contributed by atoms with Crippen molar-refractivity contribution in [2.75, 3.05) is 0 Å². The summed E-state index contributed by atoms with van der Waals surface area (Å²) in [6.07, 6.45) is 16.4. The molecule has 2 rings (SSSR count). The van der Waals surface area contributed by atoms with Crippen LogP contribution in [0.15, 0.2) is 24.3 Å². The third-order valence-electron chi connectivity index (χ3n) is 4.63. The minimum atomic E-state index is 0.428. The van der Waals surface area contributed by atoms with Gasteiger partial charge < -0.3 is 0 Å². The van der Waals surface area contributed by atoms with Crippen LogP contribution in [0.4, 0.5) is 0 Å². The topological polar surface area (TPSA) is 0 Å². The lowest BCUT2D eigenvalue weighted by Crippen LogP contribution is -2.42. The maximum Gasteiger partial charge on any atom is 0.00143 e. The normalized spacial score (nSPS) is 26.1. The molecular formula is C15H24. The van der Waals surface area contributed by atoms with Gasteiger partial charge in [-0.25, -0.2) is 0 Å². The van der Waals surface area contributed by atoms with Crippen molar-refractivity contribution in [1.82, 2.24) is 0 Å². The first-order valence-electron chi connectivity index (χ1n) is 6.41. The molecule has 0 unspecified atom stereocenters. The Morgan fingerprint density at radius 2 is 1.47 bits per heavy atom. The van der Waals surface area contributed by atoms with E-state index in [2.05, 4.69) is 45.1 Å². The summed E-state index contributed by atoms with van der Waals surface area (Å²) in [5.41, 5.74) is 0.950. The molecule has 84 valence electrons. The van der Waals surface area contributed by atoms with Gasteiger partial charge in [-0.3, -0.25) is 0 Å². The van der Waals surface area contributed by atoms with Gasteiger partial charge in [-0.2, -0.15) is 0 Å². The maximum absolute atomic E-state index is 2.43. The average Bonchev–Trinajstić information content (AvgIpc) is 2.70. The zero-order chi connectivity index (χ0) is 10.9. The van der Waals surface area contributed by atoms with Gasteiger partial charge in [0.1, 0.15) is 0 Å². The second-order valence-corrected chi connectivity index (χ2v) is 6.26. The first-order chi connectivity index (χ1) is 7.06. The van der Waals surface area contributed by atoms with Crippen molar-refractivity contribution in [2.45, 2.75) is 52.9 Å².